The highest BCUT2D eigenvalue weighted by molar-refractivity contribution is 6.32. The normalized spacial score (nSPS) is 11.3. The van der Waals surface area contributed by atoms with Gasteiger partial charge in [-0.05, 0) is 42.5 Å². The van der Waals surface area contributed by atoms with Gasteiger partial charge in [-0.1, -0.05) is 11.6 Å². The summed E-state index contributed by atoms with van der Waals surface area (Å²) >= 11 is 6.46. The van der Waals surface area contributed by atoms with Gasteiger partial charge in [-0.15, -0.1) is 0 Å². The number of anilines is 2. The number of aromatic nitrogens is 4. The molecule has 3 heterocycles. The van der Waals surface area contributed by atoms with Gasteiger partial charge in [0, 0.05) is 35.4 Å². The molecule has 0 spiro atoms. The van der Waals surface area contributed by atoms with E-state index in [1.165, 1.54) is 6.33 Å². The van der Waals surface area contributed by atoms with Crippen molar-refractivity contribution in [1.82, 2.24) is 19.5 Å². The zero-order valence-corrected chi connectivity index (χ0v) is 17.0. The Morgan fingerprint density at radius 1 is 1.13 bits per heavy atom. The van der Waals surface area contributed by atoms with E-state index >= 15 is 0 Å². The van der Waals surface area contributed by atoms with Crippen LogP contribution in [0.4, 0.5) is 11.5 Å². The molecule has 0 aliphatic heterocycles. The molecule has 5 aromatic rings. The molecule has 0 amide bonds. The molecule has 0 aliphatic rings. The van der Waals surface area contributed by atoms with E-state index in [1.54, 1.807) is 30.5 Å². The number of benzene rings is 2. The van der Waals surface area contributed by atoms with Crippen molar-refractivity contribution >= 4 is 44.9 Å². The van der Waals surface area contributed by atoms with E-state index in [0.717, 1.165) is 27.5 Å². The van der Waals surface area contributed by atoms with Crippen molar-refractivity contribution in [1.29, 1.82) is 0 Å². The summed E-state index contributed by atoms with van der Waals surface area (Å²) in [6.07, 6.45) is 5.06. The van der Waals surface area contributed by atoms with Crippen molar-refractivity contribution in [2.45, 2.75) is 6.54 Å². The number of rotatable bonds is 6. The maximum Gasteiger partial charge on any atom is 0.196 e. The fraction of sp³-hybridized carbons (Fsp3) is 0.0909. The Hall–Kier alpha value is -3.75. The highest BCUT2D eigenvalue weighted by Gasteiger charge is 2.12. The number of aromatic amines is 1. The molecule has 0 atom stereocenters. The lowest BCUT2D eigenvalue weighted by molar-refractivity contribution is 0.278. The minimum Gasteiger partial charge on any atom is -0.494 e. The van der Waals surface area contributed by atoms with Crippen LogP contribution in [0.15, 0.2) is 61.2 Å². The Morgan fingerprint density at radius 2 is 2.03 bits per heavy atom. The van der Waals surface area contributed by atoms with Crippen molar-refractivity contribution in [2.24, 2.45) is 0 Å². The number of H-pyrrole nitrogens is 1. The average molecular weight is 436 g/mol. The number of fused-ring (bicyclic) bond motifs is 2. The van der Waals surface area contributed by atoms with Crippen molar-refractivity contribution in [3.8, 4) is 17.4 Å². The third kappa shape index (κ3) is 3.63. The lowest BCUT2D eigenvalue weighted by atomic mass is 10.2. The van der Waals surface area contributed by atoms with Gasteiger partial charge in [-0.3, -0.25) is 0 Å². The van der Waals surface area contributed by atoms with Crippen LogP contribution in [0, 0.1) is 0 Å². The topological polar surface area (TPSA) is 108 Å². The van der Waals surface area contributed by atoms with Crippen LogP contribution in [0.5, 0.6) is 17.4 Å². The number of ether oxygens (including phenoxy) is 1. The molecule has 0 fully saturated rings. The Labute approximate surface area is 181 Å². The van der Waals surface area contributed by atoms with Crippen LogP contribution in [-0.4, -0.2) is 36.3 Å². The van der Waals surface area contributed by atoms with Crippen molar-refractivity contribution in [3.05, 3.63) is 66.2 Å². The third-order valence-electron chi connectivity index (χ3n) is 4.96. The molecule has 0 unspecified atom stereocenters. The number of aromatic hydroxyl groups is 1. The fourth-order valence-corrected chi connectivity index (χ4v) is 3.73. The van der Waals surface area contributed by atoms with Crippen molar-refractivity contribution in [2.75, 3.05) is 11.9 Å². The maximum absolute atomic E-state index is 9.74. The predicted molar refractivity (Wildman–Crippen MR) is 119 cm³/mol. The first-order chi connectivity index (χ1) is 15.1. The molecule has 8 nitrogen and oxygen atoms in total. The second-order valence-electron chi connectivity index (χ2n) is 6.95. The first kappa shape index (κ1) is 19.2. The zero-order chi connectivity index (χ0) is 21.4. The predicted octanol–water partition coefficient (Wildman–Crippen LogP) is 4.80. The third-order valence-corrected chi connectivity index (χ3v) is 5.25. The molecule has 4 N–H and O–H groups in total. The summed E-state index contributed by atoms with van der Waals surface area (Å²) in [5.41, 5.74) is 2.32. The molecule has 2 aromatic carbocycles. The standard InChI is InChI=1S/C22H18ClN5O3/c23-17-10-14(27-21-20-18(25-12-26-21)5-6-28(20)7-8-29)1-4-19(17)31-15-2-3-16-13(9-15)11-24-22(16)30/h1-6,9-12,24,29-30H,7-8H2,(H,25,26,27). The highest BCUT2D eigenvalue weighted by Crippen LogP contribution is 2.35. The van der Waals surface area contributed by atoms with Gasteiger partial charge in [0.15, 0.2) is 11.7 Å². The van der Waals surface area contributed by atoms with E-state index in [9.17, 15) is 10.2 Å². The number of aliphatic hydroxyl groups excluding tert-OH is 1. The SMILES string of the molecule is OCCn1ccc2ncnc(Nc3ccc(Oc4ccc5c(O)[nH]cc5c4)c(Cl)c3)c21. The van der Waals surface area contributed by atoms with Crippen LogP contribution in [0.1, 0.15) is 0 Å². The zero-order valence-electron chi connectivity index (χ0n) is 16.2. The minimum atomic E-state index is 0.0180. The molecule has 0 saturated carbocycles. The number of aliphatic hydroxyl groups is 1. The summed E-state index contributed by atoms with van der Waals surface area (Å²) in [6.45, 7) is 0.465. The molecular formula is C22H18ClN5O3. The lowest BCUT2D eigenvalue weighted by Gasteiger charge is -2.12. The molecule has 31 heavy (non-hydrogen) atoms. The van der Waals surface area contributed by atoms with E-state index in [4.69, 9.17) is 16.3 Å². The lowest BCUT2D eigenvalue weighted by Crippen LogP contribution is -2.04. The molecule has 0 aliphatic carbocycles. The van der Waals surface area contributed by atoms with Gasteiger partial charge in [0.1, 0.15) is 23.3 Å². The van der Waals surface area contributed by atoms with Crippen LogP contribution in [0.25, 0.3) is 21.8 Å². The molecule has 3 aromatic heterocycles. The molecule has 0 saturated heterocycles. The summed E-state index contributed by atoms with van der Waals surface area (Å²) in [6, 6.07) is 12.6. The van der Waals surface area contributed by atoms with Crippen LogP contribution in [-0.2, 0) is 6.54 Å². The number of hydrogen-bond acceptors (Lipinski definition) is 6. The second kappa shape index (κ2) is 7.82. The van der Waals surface area contributed by atoms with Gasteiger partial charge >= 0.3 is 0 Å². The molecular weight excluding hydrogens is 418 g/mol. The van der Waals surface area contributed by atoms with Crippen molar-refractivity contribution in [3.63, 3.8) is 0 Å². The second-order valence-corrected chi connectivity index (χ2v) is 7.35. The molecule has 0 bridgehead atoms. The molecule has 0 radical (unpaired) electrons. The van der Waals surface area contributed by atoms with E-state index in [0.29, 0.717) is 28.9 Å². The smallest absolute Gasteiger partial charge is 0.196 e. The highest BCUT2D eigenvalue weighted by atomic mass is 35.5. The van der Waals surface area contributed by atoms with Crippen LogP contribution >= 0.6 is 11.6 Å². The maximum atomic E-state index is 9.74. The quantitative estimate of drug-likeness (QED) is 0.305. The largest absolute Gasteiger partial charge is 0.494 e. The molecule has 5 rings (SSSR count). The first-order valence-corrected chi connectivity index (χ1v) is 9.95. The van der Waals surface area contributed by atoms with Crippen LogP contribution in [0.3, 0.4) is 0 Å². The summed E-state index contributed by atoms with van der Waals surface area (Å²) in [7, 11) is 0. The summed E-state index contributed by atoms with van der Waals surface area (Å²) in [5, 5.41) is 24.3. The van der Waals surface area contributed by atoms with Gasteiger partial charge < -0.3 is 29.8 Å². The summed E-state index contributed by atoms with van der Waals surface area (Å²) in [4.78, 5) is 11.4. The van der Waals surface area contributed by atoms with E-state index in [-0.39, 0.29) is 12.5 Å². The molecule has 9 heteroatoms. The first-order valence-electron chi connectivity index (χ1n) is 9.57. The van der Waals surface area contributed by atoms with E-state index < -0.39 is 0 Å². The summed E-state index contributed by atoms with van der Waals surface area (Å²) in [5.74, 6) is 1.85. The fourth-order valence-electron chi connectivity index (χ4n) is 3.51. The monoisotopic (exact) mass is 435 g/mol. The Bertz CT molecular complexity index is 1390. The van der Waals surface area contributed by atoms with E-state index in [1.807, 2.05) is 29.0 Å². The van der Waals surface area contributed by atoms with E-state index in [2.05, 4.69) is 20.3 Å². The number of halogens is 1. The Kier molecular flexibility index (Phi) is 4.85. The Morgan fingerprint density at radius 3 is 2.87 bits per heavy atom. The molecule has 156 valence electrons. The van der Waals surface area contributed by atoms with Crippen molar-refractivity contribution < 1.29 is 14.9 Å². The van der Waals surface area contributed by atoms with Gasteiger partial charge in [-0.25, -0.2) is 9.97 Å². The number of nitrogens with one attached hydrogen (secondary N) is 2. The summed E-state index contributed by atoms with van der Waals surface area (Å²) < 4.78 is 7.82. The van der Waals surface area contributed by atoms with Gasteiger partial charge in [0.05, 0.1) is 17.1 Å². The average Bonchev–Trinajstić information content (AvgIpc) is 3.35. The van der Waals surface area contributed by atoms with Gasteiger partial charge in [0.2, 0.25) is 0 Å². The Balaban J connectivity index is 1.40. The van der Waals surface area contributed by atoms with Gasteiger partial charge in [-0.2, -0.15) is 0 Å². The van der Waals surface area contributed by atoms with Crippen LogP contribution < -0.4 is 10.1 Å². The van der Waals surface area contributed by atoms with Crippen LogP contribution in [0.2, 0.25) is 5.02 Å². The number of hydrogen-bond donors (Lipinski definition) is 4. The van der Waals surface area contributed by atoms with Gasteiger partial charge in [0.25, 0.3) is 0 Å². The minimum absolute atomic E-state index is 0.0180. The number of nitrogens with zero attached hydrogens (tertiary/aromatic N) is 3.